The average molecular weight is 349 g/mol. The van der Waals surface area contributed by atoms with Crippen LogP contribution in [0.25, 0.3) is 0 Å². The summed E-state index contributed by atoms with van der Waals surface area (Å²) in [5.74, 6) is 0.374. The third-order valence-corrected chi connectivity index (χ3v) is 5.35. The number of amides is 1. The van der Waals surface area contributed by atoms with E-state index >= 15 is 0 Å². The fourth-order valence-electron chi connectivity index (χ4n) is 3.89. The molecule has 2 aliphatic rings. The lowest BCUT2D eigenvalue weighted by Crippen LogP contribution is -2.47. The van der Waals surface area contributed by atoms with Gasteiger partial charge in [0, 0.05) is 44.6 Å². The van der Waals surface area contributed by atoms with Crippen LogP contribution in [0.1, 0.15) is 50.1 Å². The topological polar surface area (TPSA) is 56.6 Å². The fourth-order valence-corrected chi connectivity index (χ4v) is 3.89. The zero-order chi connectivity index (χ0) is 18.0. The van der Waals surface area contributed by atoms with Crippen molar-refractivity contribution in [2.24, 2.45) is 5.92 Å². The van der Waals surface area contributed by atoms with Crippen molar-refractivity contribution in [2.45, 2.75) is 65.7 Å². The Bertz CT molecular complexity index is 608. The molecule has 2 aliphatic heterocycles. The van der Waals surface area contributed by atoms with Crippen LogP contribution in [0.4, 0.5) is 0 Å². The van der Waals surface area contributed by atoms with E-state index in [9.17, 15) is 4.79 Å². The van der Waals surface area contributed by atoms with Gasteiger partial charge in [-0.1, -0.05) is 13.8 Å². The van der Waals surface area contributed by atoms with E-state index in [0.717, 1.165) is 44.6 Å². The van der Waals surface area contributed by atoms with Crippen molar-refractivity contribution in [2.75, 3.05) is 26.3 Å². The minimum absolute atomic E-state index is 0.225. The van der Waals surface area contributed by atoms with E-state index in [0.29, 0.717) is 25.6 Å². The van der Waals surface area contributed by atoms with Crippen LogP contribution in [0.5, 0.6) is 0 Å². The van der Waals surface area contributed by atoms with Crippen LogP contribution in [0.15, 0.2) is 0 Å². The van der Waals surface area contributed by atoms with Crippen molar-refractivity contribution in [3.8, 4) is 0 Å². The molecular formula is C19H31N3O3. The maximum absolute atomic E-state index is 12.6. The Hall–Kier alpha value is -1.40. The van der Waals surface area contributed by atoms with Crippen LogP contribution in [-0.4, -0.2) is 52.7 Å². The molecule has 1 amide bonds. The number of aryl methyl sites for hydroxylation is 1. The number of hydrogen-bond donors (Lipinski definition) is 0. The third kappa shape index (κ3) is 4.06. The van der Waals surface area contributed by atoms with E-state index in [4.69, 9.17) is 9.47 Å². The highest BCUT2D eigenvalue weighted by molar-refractivity contribution is 5.76. The Kier molecular flexibility index (Phi) is 5.49. The van der Waals surface area contributed by atoms with Crippen LogP contribution in [-0.2, 0) is 27.2 Å². The van der Waals surface area contributed by atoms with Gasteiger partial charge >= 0.3 is 0 Å². The summed E-state index contributed by atoms with van der Waals surface area (Å²) in [4.78, 5) is 14.6. The SMILES string of the molecule is Cc1nn(CC(C)C)c(C)c1CCC(=O)N1CCC2(CC1)OCCO2. The molecule has 2 saturated heterocycles. The Morgan fingerprint density at radius 2 is 1.84 bits per heavy atom. The molecule has 0 aromatic carbocycles. The molecule has 1 spiro atoms. The summed E-state index contributed by atoms with van der Waals surface area (Å²) in [5.41, 5.74) is 3.48. The first-order valence-corrected chi connectivity index (χ1v) is 9.49. The number of ether oxygens (including phenoxy) is 2. The van der Waals surface area contributed by atoms with E-state index in [-0.39, 0.29) is 5.91 Å². The van der Waals surface area contributed by atoms with Crippen LogP contribution < -0.4 is 0 Å². The standard InChI is InChI=1S/C19H31N3O3/c1-14(2)13-22-16(4)17(15(3)20-22)5-6-18(23)21-9-7-19(8-10-21)24-11-12-25-19/h14H,5-13H2,1-4H3. The molecule has 6 nitrogen and oxygen atoms in total. The maximum atomic E-state index is 12.6. The number of carbonyl (C=O) groups is 1. The number of aromatic nitrogens is 2. The number of rotatable bonds is 5. The Balaban J connectivity index is 1.53. The van der Waals surface area contributed by atoms with Gasteiger partial charge in [0.1, 0.15) is 0 Å². The van der Waals surface area contributed by atoms with E-state index < -0.39 is 5.79 Å². The summed E-state index contributed by atoms with van der Waals surface area (Å²) in [5, 5.41) is 4.65. The molecule has 0 aliphatic carbocycles. The summed E-state index contributed by atoms with van der Waals surface area (Å²) in [6, 6.07) is 0. The largest absolute Gasteiger partial charge is 0.347 e. The first-order chi connectivity index (χ1) is 11.9. The van der Waals surface area contributed by atoms with Crippen LogP contribution in [0, 0.1) is 19.8 Å². The molecule has 6 heteroatoms. The molecule has 0 unspecified atom stereocenters. The molecule has 3 heterocycles. The van der Waals surface area contributed by atoms with Gasteiger partial charge in [0.15, 0.2) is 5.79 Å². The first-order valence-electron chi connectivity index (χ1n) is 9.49. The van der Waals surface area contributed by atoms with Crippen molar-refractivity contribution < 1.29 is 14.3 Å². The van der Waals surface area contributed by atoms with Gasteiger partial charge in [-0.15, -0.1) is 0 Å². The minimum atomic E-state index is -0.415. The Morgan fingerprint density at radius 1 is 1.20 bits per heavy atom. The van der Waals surface area contributed by atoms with E-state index in [2.05, 4.69) is 30.6 Å². The quantitative estimate of drug-likeness (QED) is 0.819. The monoisotopic (exact) mass is 349 g/mol. The van der Waals surface area contributed by atoms with Crippen LogP contribution in [0.3, 0.4) is 0 Å². The average Bonchev–Trinajstić information content (AvgIpc) is 3.12. The number of nitrogens with zero attached hydrogens (tertiary/aromatic N) is 3. The third-order valence-electron chi connectivity index (χ3n) is 5.35. The fraction of sp³-hybridized carbons (Fsp3) is 0.789. The summed E-state index contributed by atoms with van der Waals surface area (Å²) >= 11 is 0. The molecule has 1 aromatic heterocycles. The second-order valence-electron chi connectivity index (χ2n) is 7.71. The normalized spacial score (nSPS) is 20.0. The van der Waals surface area contributed by atoms with Crippen molar-refractivity contribution in [3.63, 3.8) is 0 Å². The highest BCUT2D eigenvalue weighted by atomic mass is 16.7. The molecule has 0 bridgehead atoms. The predicted octanol–water partition coefficient (Wildman–Crippen LogP) is 2.45. The van der Waals surface area contributed by atoms with Crippen LogP contribution in [0.2, 0.25) is 0 Å². The second-order valence-corrected chi connectivity index (χ2v) is 7.71. The minimum Gasteiger partial charge on any atom is -0.347 e. The summed E-state index contributed by atoms with van der Waals surface area (Å²) in [6.45, 7) is 12.3. The van der Waals surface area contributed by atoms with Gasteiger partial charge in [-0.3, -0.25) is 9.48 Å². The lowest BCUT2D eigenvalue weighted by molar-refractivity contribution is -0.187. The summed E-state index contributed by atoms with van der Waals surface area (Å²) in [7, 11) is 0. The van der Waals surface area contributed by atoms with Gasteiger partial charge in [-0.05, 0) is 31.7 Å². The molecule has 0 radical (unpaired) electrons. The van der Waals surface area contributed by atoms with Gasteiger partial charge in [0.05, 0.1) is 18.9 Å². The van der Waals surface area contributed by atoms with Crippen molar-refractivity contribution in [1.82, 2.24) is 14.7 Å². The van der Waals surface area contributed by atoms with Crippen molar-refractivity contribution >= 4 is 5.91 Å². The van der Waals surface area contributed by atoms with Gasteiger partial charge in [-0.2, -0.15) is 5.10 Å². The van der Waals surface area contributed by atoms with Gasteiger partial charge < -0.3 is 14.4 Å². The molecular weight excluding hydrogens is 318 g/mol. The molecule has 1 aromatic rings. The first kappa shape index (κ1) is 18.4. The molecule has 0 N–H and O–H groups in total. The molecule has 3 rings (SSSR count). The smallest absolute Gasteiger partial charge is 0.222 e. The Morgan fingerprint density at radius 3 is 2.44 bits per heavy atom. The molecule has 140 valence electrons. The molecule has 2 fully saturated rings. The Labute approximate surface area is 150 Å². The second kappa shape index (κ2) is 7.46. The zero-order valence-electron chi connectivity index (χ0n) is 16.0. The summed E-state index contributed by atoms with van der Waals surface area (Å²) < 4.78 is 13.5. The molecule has 0 atom stereocenters. The lowest BCUT2D eigenvalue weighted by atomic mass is 10.0. The highest BCUT2D eigenvalue weighted by Gasteiger charge is 2.40. The van der Waals surface area contributed by atoms with Crippen molar-refractivity contribution in [3.05, 3.63) is 17.0 Å². The van der Waals surface area contributed by atoms with Gasteiger partial charge in [0.25, 0.3) is 0 Å². The van der Waals surface area contributed by atoms with E-state index in [1.807, 2.05) is 11.8 Å². The number of piperidine rings is 1. The van der Waals surface area contributed by atoms with Crippen molar-refractivity contribution in [1.29, 1.82) is 0 Å². The van der Waals surface area contributed by atoms with E-state index in [1.165, 1.54) is 11.3 Å². The molecule has 25 heavy (non-hydrogen) atoms. The summed E-state index contributed by atoms with van der Waals surface area (Å²) in [6.07, 6.45) is 2.87. The lowest BCUT2D eigenvalue weighted by Gasteiger charge is -2.37. The highest BCUT2D eigenvalue weighted by Crippen LogP contribution is 2.31. The maximum Gasteiger partial charge on any atom is 0.222 e. The van der Waals surface area contributed by atoms with Gasteiger partial charge in [-0.25, -0.2) is 0 Å². The number of likely N-dealkylation sites (tertiary alicyclic amines) is 1. The van der Waals surface area contributed by atoms with E-state index in [1.54, 1.807) is 0 Å². The number of carbonyl (C=O) groups excluding carboxylic acids is 1. The van der Waals surface area contributed by atoms with Gasteiger partial charge in [0.2, 0.25) is 5.91 Å². The van der Waals surface area contributed by atoms with Crippen LogP contribution >= 0.6 is 0 Å². The zero-order valence-corrected chi connectivity index (χ0v) is 16.0. The molecule has 0 saturated carbocycles. The predicted molar refractivity (Wildman–Crippen MR) is 95.3 cm³/mol. The number of hydrogen-bond acceptors (Lipinski definition) is 4.